The Morgan fingerprint density at radius 3 is 2.50 bits per heavy atom. The summed E-state index contributed by atoms with van der Waals surface area (Å²) in [5, 5.41) is 3.23. The zero-order valence-electron chi connectivity index (χ0n) is 10.1. The second-order valence-electron chi connectivity index (χ2n) is 3.60. The van der Waals surface area contributed by atoms with E-state index in [0.29, 0.717) is 0 Å². The van der Waals surface area contributed by atoms with Gasteiger partial charge < -0.3 is 10.2 Å². The van der Waals surface area contributed by atoms with Gasteiger partial charge in [-0.15, -0.1) is 0 Å². The second-order valence-corrected chi connectivity index (χ2v) is 3.60. The molecule has 0 spiro atoms. The summed E-state index contributed by atoms with van der Waals surface area (Å²) in [5.41, 5.74) is 0.765. The minimum Gasteiger partial charge on any atom is -0.338 e. The minimum absolute atomic E-state index is 0.112. The summed E-state index contributed by atoms with van der Waals surface area (Å²) in [5.74, 6) is 0.112. The van der Waals surface area contributed by atoms with Gasteiger partial charge in [-0.25, -0.2) is 0 Å². The van der Waals surface area contributed by atoms with Gasteiger partial charge in [0.2, 0.25) is 0 Å². The fraction of sp³-hybridized carbons (Fsp3) is 0.462. The molecule has 0 aliphatic heterocycles. The second kappa shape index (κ2) is 7.01. The molecule has 3 nitrogen and oxygen atoms in total. The molecule has 16 heavy (non-hydrogen) atoms. The third-order valence-corrected chi connectivity index (χ3v) is 2.50. The molecule has 0 saturated carbocycles. The van der Waals surface area contributed by atoms with Crippen LogP contribution in [0.5, 0.6) is 0 Å². The Bertz CT molecular complexity index is 311. The molecule has 1 amide bonds. The Morgan fingerprint density at radius 1 is 1.25 bits per heavy atom. The summed E-state index contributed by atoms with van der Waals surface area (Å²) in [7, 11) is 0. The predicted molar refractivity (Wildman–Crippen MR) is 66.6 cm³/mol. The fourth-order valence-corrected chi connectivity index (χ4v) is 1.56. The highest BCUT2D eigenvalue weighted by atomic mass is 16.2. The van der Waals surface area contributed by atoms with E-state index in [2.05, 4.69) is 12.2 Å². The molecular formula is C13H20N2O. The molecule has 0 atom stereocenters. The molecule has 88 valence electrons. The maximum absolute atomic E-state index is 12.1. The lowest BCUT2D eigenvalue weighted by atomic mass is 10.2. The van der Waals surface area contributed by atoms with Crippen molar-refractivity contribution in [2.24, 2.45) is 0 Å². The zero-order valence-corrected chi connectivity index (χ0v) is 10.1. The Labute approximate surface area is 97.5 Å². The van der Waals surface area contributed by atoms with Gasteiger partial charge >= 0.3 is 0 Å². The molecule has 1 N–H and O–H groups in total. The monoisotopic (exact) mass is 220 g/mol. The number of carbonyl (C=O) groups is 1. The van der Waals surface area contributed by atoms with E-state index >= 15 is 0 Å². The smallest absolute Gasteiger partial charge is 0.253 e. The summed E-state index contributed by atoms with van der Waals surface area (Å²) in [6, 6.07) is 9.43. The van der Waals surface area contributed by atoms with Crippen LogP contribution in [0, 0.1) is 0 Å². The Balaban J connectivity index is 2.56. The first-order valence-electron chi connectivity index (χ1n) is 5.84. The summed E-state index contributed by atoms with van der Waals surface area (Å²) < 4.78 is 0. The topological polar surface area (TPSA) is 32.3 Å². The van der Waals surface area contributed by atoms with Crippen LogP contribution in [0.3, 0.4) is 0 Å². The van der Waals surface area contributed by atoms with Crippen molar-refractivity contribution in [2.45, 2.75) is 13.8 Å². The molecule has 1 aromatic carbocycles. The standard InChI is InChI=1S/C13H20N2O/c1-3-14-10-11-15(4-2)13(16)12-8-6-5-7-9-12/h5-9,14H,3-4,10-11H2,1-2H3. The highest BCUT2D eigenvalue weighted by Gasteiger charge is 2.12. The van der Waals surface area contributed by atoms with Crippen molar-refractivity contribution in [2.75, 3.05) is 26.2 Å². The van der Waals surface area contributed by atoms with E-state index in [-0.39, 0.29) is 5.91 Å². The van der Waals surface area contributed by atoms with E-state index in [1.807, 2.05) is 42.2 Å². The molecule has 0 saturated heterocycles. The van der Waals surface area contributed by atoms with E-state index in [4.69, 9.17) is 0 Å². The van der Waals surface area contributed by atoms with Gasteiger partial charge in [0.15, 0.2) is 0 Å². The Morgan fingerprint density at radius 2 is 1.94 bits per heavy atom. The van der Waals surface area contributed by atoms with Gasteiger partial charge in [-0.3, -0.25) is 4.79 Å². The van der Waals surface area contributed by atoms with Crippen molar-refractivity contribution >= 4 is 5.91 Å². The number of carbonyl (C=O) groups excluding carboxylic acids is 1. The SMILES string of the molecule is CCNCCN(CC)C(=O)c1ccccc1. The average Bonchev–Trinajstić information content (AvgIpc) is 2.35. The third kappa shape index (κ3) is 3.66. The molecule has 0 bridgehead atoms. The molecule has 0 aliphatic carbocycles. The molecule has 0 heterocycles. The largest absolute Gasteiger partial charge is 0.338 e. The lowest BCUT2D eigenvalue weighted by molar-refractivity contribution is 0.0766. The number of amides is 1. The van der Waals surface area contributed by atoms with Crippen molar-refractivity contribution in [3.63, 3.8) is 0 Å². The number of hydrogen-bond donors (Lipinski definition) is 1. The highest BCUT2D eigenvalue weighted by molar-refractivity contribution is 5.94. The number of nitrogens with zero attached hydrogens (tertiary/aromatic N) is 1. The molecule has 0 fully saturated rings. The maximum Gasteiger partial charge on any atom is 0.253 e. The number of likely N-dealkylation sites (N-methyl/N-ethyl adjacent to an activating group) is 2. The van der Waals surface area contributed by atoms with Crippen molar-refractivity contribution in [3.05, 3.63) is 35.9 Å². The number of rotatable bonds is 6. The van der Waals surface area contributed by atoms with Crippen molar-refractivity contribution < 1.29 is 4.79 Å². The molecule has 0 unspecified atom stereocenters. The van der Waals surface area contributed by atoms with Crippen LogP contribution in [-0.4, -0.2) is 37.0 Å². The van der Waals surface area contributed by atoms with Crippen molar-refractivity contribution in [3.8, 4) is 0 Å². The lowest BCUT2D eigenvalue weighted by Crippen LogP contribution is -2.36. The summed E-state index contributed by atoms with van der Waals surface area (Å²) in [6.45, 7) is 7.37. The molecule has 1 rings (SSSR count). The first kappa shape index (κ1) is 12.7. The number of nitrogens with one attached hydrogen (secondary N) is 1. The van der Waals surface area contributed by atoms with Crippen LogP contribution in [0.1, 0.15) is 24.2 Å². The van der Waals surface area contributed by atoms with E-state index in [0.717, 1.165) is 31.7 Å². The van der Waals surface area contributed by atoms with E-state index in [9.17, 15) is 4.79 Å². The maximum atomic E-state index is 12.1. The van der Waals surface area contributed by atoms with Crippen LogP contribution in [0.25, 0.3) is 0 Å². The van der Waals surface area contributed by atoms with Gasteiger partial charge in [0, 0.05) is 25.2 Å². The number of benzene rings is 1. The van der Waals surface area contributed by atoms with E-state index in [1.54, 1.807) is 0 Å². The molecular weight excluding hydrogens is 200 g/mol. The Kier molecular flexibility index (Phi) is 5.57. The van der Waals surface area contributed by atoms with Gasteiger partial charge in [0.25, 0.3) is 5.91 Å². The van der Waals surface area contributed by atoms with Crippen molar-refractivity contribution in [1.82, 2.24) is 10.2 Å². The molecule has 0 radical (unpaired) electrons. The molecule has 1 aromatic rings. The van der Waals surface area contributed by atoms with E-state index < -0.39 is 0 Å². The van der Waals surface area contributed by atoms with Crippen LogP contribution in [0.4, 0.5) is 0 Å². The van der Waals surface area contributed by atoms with Gasteiger partial charge in [0.1, 0.15) is 0 Å². The first-order valence-corrected chi connectivity index (χ1v) is 5.84. The average molecular weight is 220 g/mol. The van der Waals surface area contributed by atoms with Gasteiger partial charge in [-0.1, -0.05) is 25.1 Å². The van der Waals surface area contributed by atoms with Crippen molar-refractivity contribution in [1.29, 1.82) is 0 Å². The van der Waals surface area contributed by atoms with Crippen LogP contribution < -0.4 is 5.32 Å². The van der Waals surface area contributed by atoms with Gasteiger partial charge in [-0.2, -0.15) is 0 Å². The van der Waals surface area contributed by atoms with Crippen LogP contribution >= 0.6 is 0 Å². The predicted octanol–water partition coefficient (Wildman–Crippen LogP) is 1.76. The van der Waals surface area contributed by atoms with Gasteiger partial charge in [-0.05, 0) is 25.6 Å². The summed E-state index contributed by atoms with van der Waals surface area (Å²) >= 11 is 0. The first-order chi connectivity index (χ1) is 7.79. The molecule has 0 aliphatic rings. The molecule has 0 aromatic heterocycles. The van der Waals surface area contributed by atoms with Crippen LogP contribution in [0.15, 0.2) is 30.3 Å². The summed E-state index contributed by atoms with van der Waals surface area (Å²) in [6.07, 6.45) is 0. The normalized spacial score (nSPS) is 10.1. The molecule has 3 heteroatoms. The number of hydrogen-bond acceptors (Lipinski definition) is 2. The quantitative estimate of drug-likeness (QED) is 0.741. The zero-order chi connectivity index (χ0) is 11.8. The summed E-state index contributed by atoms with van der Waals surface area (Å²) in [4.78, 5) is 13.9. The van der Waals surface area contributed by atoms with E-state index in [1.165, 1.54) is 0 Å². The Hall–Kier alpha value is -1.35. The van der Waals surface area contributed by atoms with Gasteiger partial charge in [0.05, 0.1) is 0 Å². The lowest BCUT2D eigenvalue weighted by Gasteiger charge is -2.21. The fourth-order valence-electron chi connectivity index (χ4n) is 1.56. The van der Waals surface area contributed by atoms with Crippen LogP contribution in [0.2, 0.25) is 0 Å². The third-order valence-electron chi connectivity index (χ3n) is 2.50. The minimum atomic E-state index is 0.112. The van der Waals surface area contributed by atoms with Crippen LogP contribution in [-0.2, 0) is 0 Å². The highest BCUT2D eigenvalue weighted by Crippen LogP contribution is 2.03.